The number of nitrogens with one attached hydrogen (secondary N) is 2. The molecule has 0 bridgehead atoms. The van der Waals surface area contributed by atoms with E-state index in [2.05, 4.69) is 10.6 Å². The van der Waals surface area contributed by atoms with Crippen LogP contribution < -0.4 is 10.6 Å². The molecule has 0 radical (unpaired) electrons. The Labute approximate surface area is 164 Å². The van der Waals surface area contributed by atoms with Gasteiger partial charge in [-0.2, -0.15) is 0 Å². The maximum atomic E-state index is 11.9. The first-order chi connectivity index (χ1) is 12.6. The molecule has 0 heterocycles. The van der Waals surface area contributed by atoms with Crippen molar-refractivity contribution in [3.63, 3.8) is 0 Å². The quantitative estimate of drug-likeness (QED) is 0.517. The predicted octanol–water partition coefficient (Wildman–Crippen LogP) is 3.37. The molecular formula is C19H27ClN2O5. The summed E-state index contributed by atoms with van der Waals surface area (Å²) in [5.74, 6) is -0.895. The van der Waals surface area contributed by atoms with Gasteiger partial charge in [0.1, 0.15) is 5.60 Å². The van der Waals surface area contributed by atoms with Crippen LogP contribution in [0.15, 0.2) is 24.3 Å². The molecule has 0 aliphatic heterocycles. The van der Waals surface area contributed by atoms with E-state index >= 15 is 0 Å². The third-order valence-corrected chi connectivity index (χ3v) is 3.59. The molecule has 2 N–H and O–H groups in total. The Morgan fingerprint density at radius 3 is 2.37 bits per heavy atom. The van der Waals surface area contributed by atoms with Gasteiger partial charge in [-0.05, 0) is 51.8 Å². The number of carbonyl (C=O) groups excluding carboxylic acids is 3. The molecule has 7 nitrogen and oxygen atoms in total. The van der Waals surface area contributed by atoms with E-state index < -0.39 is 23.6 Å². The average Bonchev–Trinajstić information content (AvgIpc) is 2.56. The summed E-state index contributed by atoms with van der Waals surface area (Å²) in [6.45, 7) is 7.06. The lowest BCUT2D eigenvalue weighted by Gasteiger charge is -2.19. The van der Waals surface area contributed by atoms with Crippen molar-refractivity contribution in [2.75, 3.05) is 13.2 Å². The molecule has 0 aliphatic rings. The number of ether oxygens (including phenoxy) is 2. The van der Waals surface area contributed by atoms with Gasteiger partial charge in [0.25, 0.3) is 5.91 Å². The van der Waals surface area contributed by atoms with Gasteiger partial charge in [0.2, 0.25) is 0 Å². The Balaban J connectivity index is 2.19. The van der Waals surface area contributed by atoms with Crippen molar-refractivity contribution in [1.82, 2.24) is 10.6 Å². The summed E-state index contributed by atoms with van der Waals surface area (Å²) in [6.07, 6.45) is -0.0529. The van der Waals surface area contributed by atoms with Gasteiger partial charge >= 0.3 is 12.1 Å². The monoisotopic (exact) mass is 398 g/mol. The smallest absolute Gasteiger partial charge is 0.407 e. The highest BCUT2D eigenvalue weighted by atomic mass is 35.5. The lowest BCUT2D eigenvalue weighted by molar-refractivity contribution is -0.148. The van der Waals surface area contributed by atoms with Crippen molar-refractivity contribution in [2.45, 2.75) is 52.2 Å². The van der Waals surface area contributed by atoms with Gasteiger partial charge in [-0.3, -0.25) is 9.59 Å². The zero-order valence-electron chi connectivity index (χ0n) is 16.1. The van der Waals surface area contributed by atoms with Crippen LogP contribution in [0.4, 0.5) is 4.79 Å². The highest BCUT2D eigenvalue weighted by molar-refractivity contribution is 6.30. The van der Waals surface area contributed by atoms with Crippen LogP contribution in [0.3, 0.4) is 0 Å². The lowest BCUT2D eigenvalue weighted by Crippen LogP contribution is -2.33. The predicted molar refractivity (Wildman–Crippen MR) is 102 cm³/mol. The fraction of sp³-hybridized carbons (Fsp3) is 0.526. The summed E-state index contributed by atoms with van der Waals surface area (Å²) in [6, 6.07) is 6.88. The van der Waals surface area contributed by atoms with Crippen LogP contribution in [-0.4, -0.2) is 36.7 Å². The highest BCUT2D eigenvalue weighted by Gasteiger charge is 2.16. The first-order valence-corrected chi connectivity index (χ1v) is 9.12. The number of hydrogen-bond donors (Lipinski definition) is 2. The number of amides is 2. The Kier molecular flexibility index (Phi) is 9.08. The summed E-state index contributed by atoms with van der Waals surface area (Å²) in [7, 11) is 0. The van der Waals surface area contributed by atoms with Gasteiger partial charge in [0.15, 0.2) is 6.61 Å². The third kappa shape index (κ3) is 10.5. The van der Waals surface area contributed by atoms with Crippen LogP contribution in [0.1, 0.15) is 52.1 Å². The topological polar surface area (TPSA) is 93.7 Å². The molecule has 0 saturated heterocycles. The second-order valence-electron chi connectivity index (χ2n) is 7.03. The van der Waals surface area contributed by atoms with Crippen LogP contribution in [0.2, 0.25) is 5.02 Å². The first-order valence-electron chi connectivity index (χ1n) is 8.74. The second-order valence-corrected chi connectivity index (χ2v) is 7.47. The van der Waals surface area contributed by atoms with Crippen LogP contribution in [0, 0.1) is 0 Å². The van der Waals surface area contributed by atoms with Gasteiger partial charge in [-0.1, -0.05) is 23.7 Å². The minimum Gasteiger partial charge on any atom is -0.456 e. The zero-order chi connectivity index (χ0) is 20.4. The lowest BCUT2D eigenvalue weighted by atomic mass is 10.1. The van der Waals surface area contributed by atoms with Crippen molar-refractivity contribution in [3.8, 4) is 0 Å². The Hall–Kier alpha value is -2.28. The summed E-state index contributed by atoms with van der Waals surface area (Å²) in [5, 5.41) is 5.91. The van der Waals surface area contributed by atoms with E-state index in [4.69, 9.17) is 21.1 Å². The molecule has 1 atom stereocenters. The van der Waals surface area contributed by atoms with Crippen molar-refractivity contribution < 1.29 is 23.9 Å². The van der Waals surface area contributed by atoms with E-state index in [0.717, 1.165) is 5.56 Å². The van der Waals surface area contributed by atoms with Crippen LogP contribution >= 0.6 is 11.6 Å². The molecule has 0 fully saturated rings. The number of carbonyl (C=O) groups is 3. The second kappa shape index (κ2) is 10.8. The molecule has 1 aromatic carbocycles. The van der Waals surface area contributed by atoms with Crippen molar-refractivity contribution >= 4 is 29.6 Å². The fourth-order valence-electron chi connectivity index (χ4n) is 2.07. The molecule has 0 unspecified atom stereocenters. The van der Waals surface area contributed by atoms with Crippen molar-refractivity contribution in [1.29, 1.82) is 0 Å². The normalized spacial score (nSPS) is 12.0. The molecule has 0 aliphatic carbocycles. The molecule has 1 rings (SSSR count). The molecule has 0 saturated carbocycles. The van der Waals surface area contributed by atoms with E-state index in [1.807, 2.05) is 19.1 Å². The van der Waals surface area contributed by atoms with Crippen LogP contribution in [0.5, 0.6) is 0 Å². The van der Waals surface area contributed by atoms with E-state index in [1.54, 1.807) is 32.9 Å². The standard InChI is InChI=1S/C19H27ClN2O5/c1-13(14-7-9-15(20)10-8-14)22-16(23)12-26-17(24)6-5-11-21-18(25)27-19(2,3)4/h7-10,13H,5-6,11-12H2,1-4H3,(H,21,25)(H,22,23)/t13-/m0/s1. The van der Waals surface area contributed by atoms with Crippen LogP contribution in [-0.2, 0) is 19.1 Å². The summed E-state index contributed by atoms with van der Waals surface area (Å²) in [4.78, 5) is 35.0. The van der Waals surface area contributed by atoms with E-state index in [9.17, 15) is 14.4 Å². The molecule has 0 aromatic heterocycles. The maximum absolute atomic E-state index is 11.9. The first kappa shape index (κ1) is 22.8. The zero-order valence-corrected chi connectivity index (χ0v) is 16.9. The van der Waals surface area contributed by atoms with Gasteiger partial charge in [-0.25, -0.2) is 4.79 Å². The molecule has 150 valence electrons. The molecule has 2 amide bonds. The van der Waals surface area contributed by atoms with E-state index in [0.29, 0.717) is 11.4 Å². The fourth-order valence-corrected chi connectivity index (χ4v) is 2.20. The number of alkyl carbamates (subject to hydrolysis) is 1. The molecule has 27 heavy (non-hydrogen) atoms. The molecule has 8 heteroatoms. The van der Waals surface area contributed by atoms with Crippen molar-refractivity contribution in [3.05, 3.63) is 34.9 Å². The Bertz CT molecular complexity index is 640. The van der Waals surface area contributed by atoms with Crippen LogP contribution in [0.25, 0.3) is 0 Å². The van der Waals surface area contributed by atoms with Gasteiger partial charge in [0, 0.05) is 18.0 Å². The number of rotatable bonds is 8. The highest BCUT2D eigenvalue weighted by Crippen LogP contribution is 2.15. The summed E-state index contributed by atoms with van der Waals surface area (Å²) in [5.41, 5.74) is 0.326. The average molecular weight is 399 g/mol. The van der Waals surface area contributed by atoms with Gasteiger partial charge in [0.05, 0.1) is 6.04 Å². The molecule has 1 aromatic rings. The summed E-state index contributed by atoms with van der Waals surface area (Å²) >= 11 is 5.83. The SMILES string of the molecule is C[C@H](NC(=O)COC(=O)CCCNC(=O)OC(C)(C)C)c1ccc(Cl)cc1. The Morgan fingerprint density at radius 1 is 1.15 bits per heavy atom. The minimum absolute atomic E-state index is 0.0931. The van der Waals surface area contributed by atoms with Gasteiger partial charge in [-0.15, -0.1) is 0 Å². The van der Waals surface area contributed by atoms with Crippen molar-refractivity contribution in [2.24, 2.45) is 0 Å². The van der Waals surface area contributed by atoms with E-state index in [1.165, 1.54) is 0 Å². The van der Waals surface area contributed by atoms with Gasteiger partial charge < -0.3 is 20.1 Å². The summed E-state index contributed by atoms with van der Waals surface area (Å²) < 4.78 is 10.0. The largest absolute Gasteiger partial charge is 0.456 e. The number of esters is 1. The number of hydrogen-bond acceptors (Lipinski definition) is 5. The number of benzene rings is 1. The third-order valence-electron chi connectivity index (χ3n) is 3.34. The molecular weight excluding hydrogens is 372 g/mol. The minimum atomic E-state index is -0.570. The molecule has 0 spiro atoms. The van der Waals surface area contributed by atoms with E-state index in [-0.39, 0.29) is 25.6 Å². The Morgan fingerprint density at radius 2 is 1.78 bits per heavy atom. The maximum Gasteiger partial charge on any atom is 0.407 e. The number of halogens is 1.